The molecule has 3 rings (SSSR count). The van der Waals surface area contributed by atoms with Crippen molar-refractivity contribution in [2.45, 2.75) is 56.7 Å². The quantitative estimate of drug-likeness (QED) is 0.321. The molecule has 34 heavy (non-hydrogen) atoms. The molecule has 3 amide bonds. The molecule has 1 saturated heterocycles. The van der Waals surface area contributed by atoms with Crippen molar-refractivity contribution < 1.29 is 23.9 Å². The van der Waals surface area contributed by atoms with Gasteiger partial charge in [0.05, 0.1) is 6.42 Å². The summed E-state index contributed by atoms with van der Waals surface area (Å²) in [7, 11) is 3.13. The molecule has 0 aliphatic carbocycles. The van der Waals surface area contributed by atoms with Crippen molar-refractivity contribution in [1.29, 1.82) is 0 Å². The van der Waals surface area contributed by atoms with Crippen LogP contribution in [0.5, 0.6) is 0 Å². The number of fused-ring (bicyclic) bond motifs is 7. The van der Waals surface area contributed by atoms with Crippen LogP contribution in [0.3, 0.4) is 0 Å². The highest BCUT2D eigenvalue weighted by atomic mass is 33.1. The van der Waals surface area contributed by atoms with Crippen LogP contribution in [0.15, 0.2) is 42.5 Å². The molecule has 184 valence electrons. The fourth-order valence-corrected chi connectivity index (χ4v) is 5.75. The smallest absolute Gasteiger partial charge is 0.306 e. The molecular weight excluding hydrogens is 474 g/mol. The molecule has 1 aromatic rings. The van der Waals surface area contributed by atoms with Crippen molar-refractivity contribution >= 4 is 45.3 Å². The minimum absolute atomic E-state index is 0.0768. The summed E-state index contributed by atoms with van der Waals surface area (Å²) in [6, 6.07) is 7.77. The van der Waals surface area contributed by atoms with Crippen LogP contribution in [-0.2, 0) is 30.3 Å². The van der Waals surface area contributed by atoms with E-state index >= 15 is 0 Å². The summed E-state index contributed by atoms with van der Waals surface area (Å²) in [4.78, 5) is 51.3. The zero-order chi connectivity index (χ0) is 24.2. The van der Waals surface area contributed by atoms with Crippen molar-refractivity contribution in [3.8, 4) is 0 Å². The first kappa shape index (κ1) is 26.2. The average molecular weight is 506 g/mol. The van der Waals surface area contributed by atoms with E-state index in [0.29, 0.717) is 25.1 Å². The third-order valence-corrected chi connectivity index (χ3v) is 7.83. The van der Waals surface area contributed by atoms with Crippen LogP contribution in [-0.4, -0.2) is 59.9 Å². The Hall–Kier alpha value is -2.46. The highest BCUT2D eigenvalue weighted by Gasteiger charge is 2.28. The number of carbonyl (C=O) groups excluding carboxylic acids is 4. The maximum Gasteiger partial charge on any atom is 0.306 e. The zero-order valence-corrected chi connectivity index (χ0v) is 20.6. The predicted octanol–water partition coefficient (Wildman–Crippen LogP) is 2.14. The molecule has 0 aromatic heterocycles. The number of hydrogen-bond donors (Lipinski definition) is 3. The highest BCUT2D eigenvalue weighted by Crippen LogP contribution is 2.23. The zero-order valence-electron chi connectivity index (χ0n) is 19.0. The molecule has 0 saturated carbocycles. The van der Waals surface area contributed by atoms with E-state index in [0.717, 1.165) is 17.7 Å². The number of nitrogens with one attached hydrogen (secondary N) is 3. The van der Waals surface area contributed by atoms with Gasteiger partial charge in [-0.2, -0.15) is 0 Å². The van der Waals surface area contributed by atoms with Crippen LogP contribution >= 0.6 is 21.6 Å². The summed E-state index contributed by atoms with van der Waals surface area (Å²) in [5.41, 5.74) is 0.879. The first-order chi connectivity index (χ1) is 16.5. The topological polar surface area (TPSA) is 114 Å². The molecule has 3 N–H and O–H groups in total. The largest absolute Gasteiger partial charge is 0.458 e. The van der Waals surface area contributed by atoms with Crippen molar-refractivity contribution in [2.24, 2.45) is 0 Å². The highest BCUT2D eigenvalue weighted by molar-refractivity contribution is 8.76. The van der Waals surface area contributed by atoms with E-state index in [1.54, 1.807) is 16.9 Å². The number of allylic oxidation sites excluding steroid dienone is 1. The maximum atomic E-state index is 13.2. The fraction of sp³-hybridized carbons (Fsp3) is 0.500. The number of benzene rings is 1. The molecule has 3 unspecified atom stereocenters. The first-order valence-electron chi connectivity index (χ1n) is 11.5. The molecule has 1 fully saturated rings. The molecule has 2 bridgehead atoms. The van der Waals surface area contributed by atoms with Crippen molar-refractivity contribution in [3.05, 3.63) is 48.0 Å². The van der Waals surface area contributed by atoms with Gasteiger partial charge in [0.2, 0.25) is 17.7 Å². The lowest BCUT2D eigenvalue weighted by atomic mass is 10.0. The molecule has 10 heteroatoms. The lowest BCUT2D eigenvalue weighted by Gasteiger charge is -2.24. The number of esters is 1. The Morgan fingerprint density at radius 3 is 2.62 bits per heavy atom. The standard InChI is InChI=1S/C24H31N3O5S2/c28-21-15-18-10-5-7-13-33-34-16-20(23(30)25-12-6-4-11-22(29)32-18)27-24(31)19(26-21)14-17-8-2-1-3-9-17/h1-3,5,8-10,18-20H,4,6-7,11-16H2,(H,25,30)(H,26,28)(H,27,31)/b10-5+. The van der Waals surface area contributed by atoms with Crippen LogP contribution in [0.1, 0.15) is 37.7 Å². The van der Waals surface area contributed by atoms with E-state index in [1.807, 2.05) is 36.4 Å². The van der Waals surface area contributed by atoms with Crippen LogP contribution < -0.4 is 16.0 Å². The van der Waals surface area contributed by atoms with Gasteiger partial charge < -0.3 is 20.7 Å². The molecule has 0 radical (unpaired) electrons. The van der Waals surface area contributed by atoms with Gasteiger partial charge in [0.15, 0.2) is 0 Å². The van der Waals surface area contributed by atoms with Gasteiger partial charge in [-0.25, -0.2) is 0 Å². The Labute approximate surface area is 207 Å². The van der Waals surface area contributed by atoms with Crippen molar-refractivity contribution in [1.82, 2.24) is 16.0 Å². The second-order valence-electron chi connectivity index (χ2n) is 8.17. The van der Waals surface area contributed by atoms with Crippen LogP contribution in [0, 0.1) is 0 Å². The van der Waals surface area contributed by atoms with E-state index in [-0.39, 0.29) is 31.1 Å². The van der Waals surface area contributed by atoms with E-state index in [2.05, 4.69) is 16.0 Å². The van der Waals surface area contributed by atoms with Gasteiger partial charge in [-0.1, -0.05) is 58.0 Å². The number of ether oxygens (including phenoxy) is 1. The van der Waals surface area contributed by atoms with Gasteiger partial charge in [0, 0.05) is 30.9 Å². The Morgan fingerprint density at radius 2 is 1.79 bits per heavy atom. The molecule has 0 spiro atoms. The third-order valence-electron chi connectivity index (χ3n) is 5.38. The normalized spacial score (nSPS) is 26.9. The van der Waals surface area contributed by atoms with E-state index in [4.69, 9.17) is 4.74 Å². The molecule has 2 aliphatic heterocycles. The summed E-state index contributed by atoms with van der Waals surface area (Å²) in [5.74, 6) is -0.286. The Bertz CT molecular complexity index is 881. The van der Waals surface area contributed by atoms with Crippen LogP contribution in [0.25, 0.3) is 0 Å². The molecule has 2 aliphatic rings. The van der Waals surface area contributed by atoms with Gasteiger partial charge >= 0.3 is 5.97 Å². The van der Waals surface area contributed by atoms with Crippen LogP contribution in [0.4, 0.5) is 0 Å². The minimum Gasteiger partial charge on any atom is -0.458 e. The number of carbonyl (C=O) groups is 4. The number of hydrogen-bond acceptors (Lipinski definition) is 7. The molecule has 3 atom stereocenters. The predicted molar refractivity (Wildman–Crippen MR) is 134 cm³/mol. The average Bonchev–Trinajstić information content (AvgIpc) is 2.81. The van der Waals surface area contributed by atoms with E-state index in [9.17, 15) is 19.2 Å². The summed E-state index contributed by atoms with van der Waals surface area (Å²) in [6.07, 6.45) is 5.27. The Kier molecular flexibility index (Phi) is 10.8. The summed E-state index contributed by atoms with van der Waals surface area (Å²) in [5, 5.41) is 8.50. The maximum absolute atomic E-state index is 13.2. The van der Waals surface area contributed by atoms with Gasteiger partial charge in [-0.15, -0.1) is 0 Å². The number of amides is 3. The second-order valence-corrected chi connectivity index (χ2v) is 10.8. The summed E-state index contributed by atoms with van der Waals surface area (Å²) in [6.45, 7) is 0.407. The molecule has 1 aromatic carbocycles. The second kappa shape index (κ2) is 14.1. The first-order valence-corrected chi connectivity index (χ1v) is 14.0. The van der Waals surface area contributed by atoms with Gasteiger partial charge in [0.1, 0.15) is 18.2 Å². The molecular formula is C24H31N3O5S2. The molecule has 8 nitrogen and oxygen atoms in total. The Balaban J connectivity index is 1.89. The monoisotopic (exact) mass is 505 g/mol. The summed E-state index contributed by atoms with van der Waals surface area (Å²) >= 11 is 0. The minimum atomic E-state index is -0.874. The summed E-state index contributed by atoms with van der Waals surface area (Å²) < 4.78 is 5.55. The molecule has 2 heterocycles. The van der Waals surface area contributed by atoms with E-state index in [1.165, 1.54) is 10.8 Å². The lowest BCUT2D eigenvalue weighted by Crippen LogP contribution is -2.55. The Morgan fingerprint density at radius 1 is 0.971 bits per heavy atom. The van der Waals surface area contributed by atoms with E-state index < -0.39 is 30.0 Å². The van der Waals surface area contributed by atoms with Gasteiger partial charge in [-0.3, -0.25) is 19.2 Å². The van der Waals surface area contributed by atoms with Gasteiger partial charge in [0.25, 0.3) is 0 Å². The number of rotatable bonds is 2. The van der Waals surface area contributed by atoms with Crippen molar-refractivity contribution in [3.63, 3.8) is 0 Å². The van der Waals surface area contributed by atoms with Crippen molar-refractivity contribution in [2.75, 3.05) is 18.1 Å². The van der Waals surface area contributed by atoms with Gasteiger partial charge in [-0.05, 0) is 30.9 Å². The lowest BCUT2D eigenvalue weighted by molar-refractivity contribution is -0.148. The third kappa shape index (κ3) is 9.06. The SMILES string of the molecule is O=C1CC2/C=C/CCSSCC(NC(=O)C(Cc3ccccc3)N1)C(=O)NCCCCC(=O)O2. The van der Waals surface area contributed by atoms with Crippen LogP contribution in [0.2, 0.25) is 0 Å². The fourth-order valence-electron chi connectivity index (χ4n) is 3.60.